The summed E-state index contributed by atoms with van der Waals surface area (Å²) in [4.78, 5) is 0. The van der Waals surface area contributed by atoms with E-state index in [9.17, 15) is 0 Å². The maximum absolute atomic E-state index is 5.68. The molecule has 0 radical (unpaired) electrons. The van der Waals surface area contributed by atoms with Crippen LogP contribution in [0.25, 0.3) is 0 Å². The van der Waals surface area contributed by atoms with Crippen LogP contribution in [0.4, 0.5) is 0 Å². The van der Waals surface area contributed by atoms with E-state index in [4.69, 9.17) is 10.3 Å². The highest BCUT2D eigenvalue weighted by Crippen LogP contribution is 2.48. The van der Waals surface area contributed by atoms with Crippen LogP contribution < -0.4 is 5.73 Å². The molecule has 0 bridgehead atoms. The lowest BCUT2D eigenvalue weighted by Crippen LogP contribution is -2.37. The van der Waals surface area contributed by atoms with Gasteiger partial charge in [0.15, 0.2) is 0 Å². The van der Waals surface area contributed by atoms with Gasteiger partial charge in [0.1, 0.15) is 5.76 Å². The lowest BCUT2D eigenvalue weighted by Gasteiger charge is -2.42. The summed E-state index contributed by atoms with van der Waals surface area (Å²) < 4.78 is 5.23. The fourth-order valence-electron chi connectivity index (χ4n) is 2.74. The number of hydrogen-bond acceptors (Lipinski definition) is 3. The zero-order valence-corrected chi connectivity index (χ0v) is 8.97. The van der Waals surface area contributed by atoms with E-state index in [1.54, 1.807) is 0 Å². The second-order valence-corrected chi connectivity index (χ2v) is 4.37. The highest BCUT2D eigenvalue weighted by molar-refractivity contribution is 5.33. The number of rotatable bonds is 3. The van der Waals surface area contributed by atoms with E-state index in [1.807, 2.05) is 13.8 Å². The van der Waals surface area contributed by atoms with Gasteiger partial charge in [0.25, 0.3) is 0 Å². The van der Waals surface area contributed by atoms with Crippen LogP contribution in [0, 0.1) is 13.8 Å². The van der Waals surface area contributed by atoms with Crippen LogP contribution in [-0.2, 0) is 5.41 Å². The average molecular weight is 194 g/mol. The summed E-state index contributed by atoms with van der Waals surface area (Å²) in [5.74, 6) is 0.982. The lowest BCUT2D eigenvalue weighted by molar-refractivity contribution is 0.225. The van der Waals surface area contributed by atoms with Gasteiger partial charge in [-0.25, -0.2) is 0 Å². The summed E-state index contributed by atoms with van der Waals surface area (Å²) in [5.41, 5.74) is 8.35. The van der Waals surface area contributed by atoms with Crippen molar-refractivity contribution in [1.82, 2.24) is 5.16 Å². The Labute approximate surface area is 84.7 Å². The molecule has 0 aromatic carbocycles. The van der Waals surface area contributed by atoms with Crippen molar-refractivity contribution >= 4 is 0 Å². The summed E-state index contributed by atoms with van der Waals surface area (Å²) in [6.45, 7) is 4.79. The summed E-state index contributed by atoms with van der Waals surface area (Å²) in [6.07, 6.45) is 4.86. The summed E-state index contributed by atoms with van der Waals surface area (Å²) in [5, 5.41) is 4.03. The molecule has 2 rings (SSSR count). The highest BCUT2D eigenvalue weighted by atomic mass is 16.5. The molecule has 78 valence electrons. The Bertz CT molecular complexity index is 307. The van der Waals surface area contributed by atoms with Crippen molar-refractivity contribution in [1.29, 1.82) is 0 Å². The third kappa shape index (κ3) is 1.27. The average Bonchev–Trinajstić information content (AvgIpc) is 2.41. The molecule has 1 aliphatic carbocycles. The van der Waals surface area contributed by atoms with Gasteiger partial charge in [-0.05, 0) is 39.7 Å². The molecule has 3 heteroatoms. The van der Waals surface area contributed by atoms with E-state index in [0.717, 1.165) is 24.4 Å². The molecule has 14 heavy (non-hydrogen) atoms. The van der Waals surface area contributed by atoms with Gasteiger partial charge in [0, 0.05) is 11.0 Å². The first-order valence-corrected chi connectivity index (χ1v) is 5.33. The van der Waals surface area contributed by atoms with Gasteiger partial charge in [-0.2, -0.15) is 0 Å². The molecule has 0 aliphatic heterocycles. The fourth-order valence-corrected chi connectivity index (χ4v) is 2.74. The van der Waals surface area contributed by atoms with Crippen molar-refractivity contribution in [3.63, 3.8) is 0 Å². The summed E-state index contributed by atoms with van der Waals surface area (Å²) >= 11 is 0. The molecule has 1 aromatic heterocycles. The predicted octanol–water partition coefficient (Wildman–Crippen LogP) is 2.06. The van der Waals surface area contributed by atoms with E-state index in [0.29, 0.717) is 5.41 Å². The number of nitrogens with zero attached hydrogens (tertiary/aromatic N) is 1. The largest absolute Gasteiger partial charge is 0.361 e. The first-order valence-electron chi connectivity index (χ1n) is 5.33. The van der Waals surface area contributed by atoms with Crippen LogP contribution in [0.1, 0.15) is 42.7 Å². The fraction of sp³-hybridized carbons (Fsp3) is 0.727. The zero-order chi connectivity index (χ0) is 10.2. The maximum atomic E-state index is 5.68. The quantitative estimate of drug-likeness (QED) is 0.801. The van der Waals surface area contributed by atoms with Gasteiger partial charge in [0.2, 0.25) is 0 Å². The van der Waals surface area contributed by atoms with Crippen LogP contribution in [0.3, 0.4) is 0 Å². The molecule has 0 saturated heterocycles. The van der Waals surface area contributed by atoms with Crippen LogP contribution >= 0.6 is 0 Å². The van der Waals surface area contributed by atoms with Crippen molar-refractivity contribution in [3.05, 3.63) is 17.0 Å². The minimum Gasteiger partial charge on any atom is -0.361 e. The number of aromatic nitrogens is 1. The molecule has 0 unspecified atom stereocenters. The molecule has 3 nitrogen and oxygen atoms in total. The molecule has 1 aromatic rings. The SMILES string of the molecule is Cc1noc(C)c1C1(CCN)CCC1. The normalized spacial score (nSPS) is 19.4. The van der Waals surface area contributed by atoms with Crippen molar-refractivity contribution in [2.45, 2.75) is 44.9 Å². The van der Waals surface area contributed by atoms with Crippen LogP contribution in [-0.4, -0.2) is 11.7 Å². The van der Waals surface area contributed by atoms with E-state index in [-0.39, 0.29) is 0 Å². The van der Waals surface area contributed by atoms with E-state index in [1.165, 1.54) is 24.8 Å². The maximum Gasteiger partial charge on any atom is 0.137 e. The van der Waals surface area contributed by atoms with Gasteiger partial charge in [-0.3, -0.25) is 0 Å². The summed E-state index contributed by atoms with van der Waals surface area (Å²) in [7, 11) is 0. The third-order valence-electron chi connectivity index (χ3n) is 3.50. The second kappa shape index (κ2) is 3.39. The minimum absolute atomic E-state index is 0.295. The molecule has 0 spiro atoms. The van der Waals surface area contributed by atoms with Crippen molar-refractivity contribution in [2.24, 2.45) is 5.73 Å². The molecule has 0 amide bonds. The van der Waals surface area contributed by atoms with Gasteiger partial charge in [-0.1, -0.05) is 11.6 Å². The highest BCUT2D eigenvalue weighted by Gasteiger charge is 2.41. The molecule has 1 saturated carbocycles. The molecule has 1 heterocycles. The Hall–Kier alpha value is -0.830. The topological polar surface area (TPSA) is 52.0 Å². The van der Waals surface area contributed by atoms with E-state index >= 15 is 0 Å². The minimum atomic E-state index is 0.295. The number of hydrogen-bond donors (Lipinski definition) is 1. The number of nitrogens with two attached hydrogens (primary N) is 1. The molecule has 0 atom stereocenters. The molecular formula is C11H18N2O. The summed E-state index contributed by atoms with van der Waals surface area (Å²) in [6, 6.07) is 0. The van der Waals surface area contributed by atoms with Gasteiger partial charge in [0.05, 0.1) is 5.69 Å². The van der Waals surface area contributed by atoms with Crippen molar-refractivity contribution in [3.8, 4) is 0 Å². The molecule has 2 N–H and O–H groups in total. The van der Waals surface area contributed by atoms with Crippen molar-refractivity contribution < 1.29 is 4.52 Å². The monoisotopic (exact) mass is 194 g/mol. The Morgan fingerprint density at radius 3 is 2.50 bits per heavy atom. The smallest absolute Gasteiger partial charge is 0.137 e. The molecule has 1 fully saturated rings. The van der Waals surface area contributed by atoms with Crippen LogP contribution in [0.5, 0.6) is 0 Å². The first kappa shape index (κ1) is 9.71. The van der Waals surface area contributed by atoms with Crippen LogP contribution in [0.2, 0.25) is 0 Å². The first-order chi connectivity index (χ1) is 6.69. The Morgan fingerprint density at radius 1 is 1.43 bits per heavy atom. The number of aryl methyl sites for hydroxylation is 2. The van der Waals surface area contributed by atoms with Crippen molar-refractivity contribution in [2.75, 3.05) is 6.54 Å². The zero-order valence-electron chi connectivity index (χ0n) is 8.97. The van der Waals surface area contributed by atoms with E-state index in [2.05, 4.69) is 5.16 Å². The predicted molar refractivity (Wildman–Crippen MR) is 55.2 cm³/mol. The van der Waals surface area contributed by atoms with E-state index < -0.39 is 0 Å². The van der Waals surface area contributed by atoms with Gasteiger partial charge >= 0.3 is 0 Å². The third-order valence-corrected chi connectivity index (χ3v) is 3.50. The Kier molecular flexibility index (Phi) is 2.35. The second-order valence-electron chi connectivity index (χ2n) is 4.37. The Balaban J connectivity index is 2.35. The molecular weight excluding hydrogens is 176 g/mol. The lowest BCUT2D eigenvalue weighted by atomic mass is 9.62. The van der Waals surface area contributed by atoms with Gasteiger partial charge in [-0.15, -0.1) is 0 Å². The standard InChI is InChI=1S/C11H18N2O/c1-8-10(9(2)14-13-8)11(6-7-12)4-3-5-11/h3-7,12H2,1-2H3. The van der Waals surface area contributed by atoms with Gasteiger partial charge < -0.3 is 10.3 Å². The van der Waals surface area contributed by atoms with Crippen LogP contribution in [0.15, 0.2) is 4.52 Å². The Morgan fingerprint density at radius 2 is 2.14 bits per heavy atom. The molecule has 1 aliphatic rings.